The van der Waals surface area contributed by atoms with E-state index >= 15 is 0 Å². The molecule has 1 rings (SSSR count). The van der Waals surface area contributed by atoms with Crippen molar-refractivity contribution >= 4 is 0 Å². The van der Waals surface area contributed by atoms with Crippen LogP contribution >= 0.6 is 0 Å². The number of hydrogen-bond acceptors (Lipinski definition) is 2. The molecule has 0 aliphatic heterocycles. The monoisotopic (exact) mass is 236 g/mol. The lowest BCUT2D eigenvalue weighted by Gasteiger charge is -2.24. The summed E-state index contributed by atoms with van der Waals surface area (Å²) in [7, 11) is 0. The average Bonchev–Trinajstić information content (AvgIpc) is 2.26. The first-order chi connectivity index (χ1) is 7.77. The summed E-state index contributed by atoms with van der Waals surface area (Å²) in [6, 6.07) is 6.12. The van der Waals surface area contributed by atoms with Crippen LogP contribution in [0.5, 0.6) is 0 Å². The number of aryl methyl sites for hydroxylation is 1. The van der Waals surface area contributed by atoms with E-state index in [-0.39, 0.29) is 5.41 Å². The molecule has 2 nitrogen and oxygen atoms in total. The van der Waals surface area contributed by atoms with Gasteiger partial charge in [-0.2, -0.15) is 0 Å². The van der Waals surface area contributed by atoms with Gasteiger partial charge in [-0.1, -0.05) is 45.9 Å². The van der Waals surface area contributed by atoms with Crippen molar-refractivity contribution in [1.82, 2.24) is 0 Å². The van der Waals surface area contributed by atoms with Crippen LogP contribution in [0.25, 0.3) is 0 Å². The quantitative estimate of drug-likeness (QED) is 0.846. The third-order valence-electron chi connectivity index (χ3n) is 3.25. The van der Waals surface area contributed by atoms with Gasteiger partial charge in [-0.25, -0.2) is 0 Å². The van der Waals surface area contributed by atoms with E-state index in [1.807, 2.05) is 26.0 Å². The van der Waals surface area contributed by atoms with Crippen LogP contribution in [0, 0.1) is 6.92 Å². The van der Waals surface area contributed by atoms with E-state index in [1.54, 1.807) is 0 Å². The highest BCUT2D eigenvalue weighted by Gasteiger charge is 2.21. The fourth-order valence-corrected chi connectivity index (χ4v) is 1.86. The van der Waals surface area contributed by atoms with Crippen LogP contribution in [-0.4, -0.2) is 16.3 Å². The van der Waals surface area contributed by atoms with Crippen molar-refractivity contribution in [3.63, 3.8) is 0 Å². The van der Waals surface area contributed by atoms with Crippen LogP contribution in [0.2, 0.25) is 0 Å². The zero-order chi connectivity index (χ0) is 13.2. The summed E-state index contributed by atoms with van der Waals surface area (Å²) in [5, 5.41) is 19.9. The molecular formula is C15H24O2. The Kier molecular flexibility index (Phi) is 4.34. The molecule has 17 heavy (non-hydrogen) atoms. The molecule has 0 aliphatic rings. The van der Waals surface area contributed by atoms with Gasteiger partial charge in [-0.15, -0.1) is 0 Å². The molecular weight excluding hydrogens is 212 g/mol. The summed E-state index contributed by atoms with van der Waals surface area (Å²) >= 11 is 0. The molecule has 1 aromatic carbocycles. The lowest BCUT2D eigenvalue weighted by Crippen LogP contribution is -2.19. The standard InChI is InChI=1S/C15H24O2/c1-6-13(16)14(17)12-9-11(15(3,4)5)8-7-10(12)2/h7-9,13-14,16-17H,6H2,1-5H3. The van der Waals surface area contributed by atoms with Gasteiger partial charge in [-0.05, 0) is 35.4 Å². The highest BCUT2D eigenvalue weighted by molar-refractivity contribution is 5.36. The molecule has 0 saturated heterocycles. The number of hydrogen-bond donors (Lipinski definition) is 2. The van der Waals surface area contributed by atoms with Crippen LogP contribution in [0.1, 0.15) is 56.9 Å². The molecule has 2 atom stereocenters. The SMILES string of the molecule is CCC(O)C(O)c1cc(C(C)(C)C)ccc1C. The molecule has 0 spiro atoms. The van der Waals surface area contributed by atoms with Crippen LogP contribution < -0.4 is 0 Å². The van der Waals surface area contributed by atoms with Crippen LogP contribution in [0.4, 0.5) is 0 Å². The normalized spacial score (nSPS) is 15.7. The van der Waals surface area contributed by atoms with E-state index in [4.69, 9.17) is 0 Å². The van der Waals surface area contributed by atoms with Crippen LogP contribution in [-0.2, 0) is 5.41 Å². The highest BCUT2D eigenvalue weighted by Crippen LogP contribution is 2.29. The second-order valence-electron chi connectivity index (χ2n) is 5.74. The van der Waals surface area contributed by atoms with Crippen LogP contribution in [0.3, 0.4) is 0 Å². The Morgan fingerprint density at radius 1 is 1.18 bits per heavy atom. The largest absolute Gasteiger partial charge is 0.390 e. The molecule has 0 fully saturated rings. The Hall–Kier alpha value is -0.860. The maximum Gasteiger partial charge on any atom is 0.105 e. The molecule has 0 saturated carbocycles. The number of aliphatic hydroxyl groups excluding tert-OH is 2. The Balaban J connectivity index is 3.15. The Bertz CT molecular complexity index is 377. The van der Waals surface area contributed by atoms with Crippen molar-refractivity contribution in [2.45, 2.75) is 58.7 Å². The minimum Gasteiger partial charge on any atom is -0.390 e. The molecule has 0 aromatic heterocycles. The second kappa shape index (κ2) is 5.19. The van der Waals surface area contributed by atoms with E-state index in [9.17, 15) is 10.2 Å². The van der Waals surface area contributed by atoms with Gasteiger partial charge in [0.25, 0.3) is 0 Å². The summed E-state index contributed by atoms with van der Waals surface area (Å²) in [5.74, 6) is 0. The number of rotatable bonds is 3. The molecule has 0 heterocycles. The Labute approximate surface area is 104 Å². The molecule has 96 valence electrons. The topological polar surface area (TPSA) is 40.5 Å². The Morgan fingerprint density at radius 2 is 1.76 bits per heavy atom. The van der Waals surface area contributed by atoms with Crippen molar-refractivity contribution in [3.05, 3.63) is 34.9 Å². The minimum atomic E-state index is -0.790. The first-order valence-corrected chi connectivity index (χ1v) is 6.24. The summed E-state index contributed by atoms with van der Waals surface area (Å²) in [5.41, 5.74) is 3.10. The van der Waals surface area contributed by atoms with Gasteiger partial charge in [0.05, 0.1) is 6.10 Å². The zero-order valence-electron chi connectivity index (χ0n) is 11.5. The van der Waals surface area contributed by atoms with Crippen molar-refractivity contribution in [1.29, 1.82) is 0 Å². The predicted octanol–water partition coefficient (Wildman–Crippen LogP) is 3.10. The first-order valence-electron chi connectivity index (χ1n) is 6.24. The molecule has 2 unspecified atom stereocenters. The van der Waals surface area contributed by atoms with Crippen molar-refractivity contribution in [2.24, 2.45) is 0 Å². The third kappa shape index (κ3) is 3.30. The van der Waals surface area contributed by atoms with Gasteiger partial charge in [0, 0.05) is 0 Å². The Morgan fingerprint density at radius 3 is 2.24 bits per heavy atom. The fourth-order valence-electron chi connectivity index (χ4n) is 1.86. The summed E-state index contributed by atoms with van der Waals surface area (Å²) in [6.07, 6.45) is -0.924. The zero-order valence-corrected chi connectivity index (χ0v) is 11.5. The van der Waals surface area contributed by atoms with E-state index in [0.717, 1.165) is 11.1 Å². The van der Waals surface area contributed by atoms with Crippen molar-refractivity contribution in [3.8, 4) is 0 Å². The predicted molar refractivity (Wildman–Crippen MR) is 71.1 cm³/mol. The number of benzene rings is 1. The van der Waals surface area contributed by atoms with Gasteiger partial charge in [0.15, 0.2) is 0 Å². The maximum absolute atomic E-state index is 10.1. The summed E-state index contributed by atoms with van der Waals surface area (Å²) in [4.78, 5) is 0. The lowest BCUT2D eigenvalue weighted by atomic mass is 9.84. The molecule has 0 amide bonds. The van der Waals surface area contributed by atoms with Gasteiger partial charge in [0.1, 0.15) is 6.10 Å². The molecule has 0 radical (unpaired) electrons. The number of aliphatic hydroxyl groups is 2. The summed E-state index contributed by atoms with van der Waals surface area (Å²) in [6.45, 7) is 10.3. The second-order valence-corrected chi connectivity index (χ2v) is 5.74. The minimum absolute atomic E-state index is 0.0549. The maximum atomic E-state index is 10.1. The van der Waals surface area contributed by atoms with E-state index < -0.39 is 12.2 Å². The summed E-state index contributed by atoms with van der Waals surface area (Å²) < 4.78 is 0. The van der Waals surface area contributed by atoms with Gasteiger partial charge in [0.2, 0.25) is 0 Å². The lowest BCUT2D eigenvalue weighted by molar-refractivity contribution is 0.0160. The van der Waals surface area contributed by atoms with E-state index in [0.29, 0.717) is 6.42 Å². The average molecular weight is 236 g/mol. The molecule has 0 aliphatic carbocycles. The van der Waals surface area contributed by atoms with Gasteiger partial charge in [-0.3, -0.25) is 0 Å². The molecule has 2 heteroatoms. The molecule has 2 N–H and O–H groups in total. The van der Waals surface area contributed by atoms with Crippen molar-refractivity contribution < 1.29 is 10.2 Å². The van der Waals surface area contributed by atoms with E-state index in [1.165, 1.54) is 5.56 Å². The van der Waals surface area contributed by atoms with Gasteiger partial charge >= 0.3 is 0 Å². The van der Waals surface area contributed by atoms with Crippen LogP contribution in [0.15, 0.2) is 18.2 Å². The van der Waals surface area contributed by atoms with Gasteiger partial charge < -0.3 is 10.2 Å². The third-order valence-corrected chi connectivity index (χ3v) is 3.25. The van der Waals surface area contributed by atoms with E-state index in [2.05, 4.69) is 26.8 Å². The first kappa shape index (κ1) is 14.2. The molecule has 1 aromatic rings. The highest BCUT2D eigenvalue weighted by atomic mass is 16.3. The smallest absolute Gasteiger partial charge is 0.105 e. The molecule has 0 bridgehead atoms. The fraction of sp³-hybridized carbons (Fsp3) is 0.600. The van der Waals surface area contributed by atoms with Crippen molar-refractivity contribution in [2.75, 3.05) is 0 Å².